The van der Waals surface area contributed by atoms with Crippen LogP contribution in [0.2, 0.25) is 0 Å². The van der Waals surface area contributed by atoms with Crippen LogP contribution in [0, 0.1) is 5.92 Å². The summed E-state index contributed by atoms with van der Waals surface area (Å²) in [4.78, 5) is 1.99. The van der Waals surface area contributed by atoms with E-state index < -0.39 is 0 Å². The van der Waals surface area contributed by atoms with E-state index in [0.29, 0.717) is 11.9 Å². The number of alkyl halides is 1. The SMILES string of the molecule is CC1CN(c2nnc(CCl)o2)CCC1O. The van der Waals surface area contributed by atoms with Crippen LogP contribution in [0.3, 0.4) is 0 Å². The lowest BCUT2D eigenvalue weighted by Gasteiger charge is -2.32. The molecule has 0 aliphatic carbocycles. The van der Waals surface area contributed by atoms with Crippen molar-refractivity contribution in [2.24, 2.45) is 5.92 Å². The first-order valence-corrected chi connectivity index (χ1v) is 5.55. The monoisotopic (exact) mass is 231 g/mol. The molecule has 0 aromatic carbocycles. The Hall–Kier alpha value is -0.810. The second-order valence-corrected chi connectivity index (χ2v) is 4.16. The van der Waals surface area contributed by atoms with Crippen molar-refractivity contribution in [2.75, 3.05) is 18.0 Å². The van der Waals surface area contributed by atoms with E-state index in [9.17, 15) is 5.11 Å². The van der Waals surface area contributed by atoms with E-state index in [1.54, 1.807) is 0 Å². The molecular weight excluding hydrogens is 218 g/mol. The second-order valence-electron chi connectivity index (χ2n) is 3.89. The molecule has 2 rings (SSSR count). The highest BCUT2D eigenvalue weighted by Gasteiger charge is 2.26. The standard InChI is InChI=1S/C9H14ClN3O2/c1-6-5-13(3-2-7(6)14)9-12-11-8(4-10)15-9/h6-7,14H,2-5H2,1H3. The van der Waals surface area contributed by atoms with Crippen molar-refractivity contribution in [3.63, 3.8) is 0 Å². The second kappa shape index (κ2) is 4.37. The van der Waals surface area contributed by atoms with Gasteiger partial charge in [-0.25, -0.2) is 0 Å². The van der Waals surface area contributed by atoms with Crippen molar-refractivity contribution in [1.82, 2.24) is 10.2 Å². The van der Waals surface area contributed by atoms with Crippen LogP contribution < -0.4 is 4.90 Å². The van der Waals surface area contributed by atoms with Crippen molar-refractivity contribution in [3.05, 3.63) is 5.89 Å². The van der Waals surface area contributed by atoms with Gasteiger partial charge in [-0.3, -0.25) is 0 Å². The van der Waals surface area contributed by atoms with Crippen LogP contribution in [0.25, 0.3) is 0 Å². The summed E-state index contributed by atoms with van der Waals surface area (Å²) in [5.41, 5.74) is 0. The Morgan fingerprint density at radius 2 is 2.40 bits per heavy atom. The number of halogens is 1. The smallest absolute Gasteiger partial charge is 0.318 e. The van der Waals surface area contributed by atoms with Crippen LogP contribution in [-0.2, 0) is 5.88 Å². The minimum absolute atomic E-state index is 0.225. The number of piperidine rings is 1. The molecule has 0 saturated carbocycles. The topological polar surface area (TPSA) is 62.4 Å². The molecular formula is C9H14ClN3O2. The van der Waals surface area contributed by atoms with Crippen LogP contribution in [0.15, 0.2) is 4.42 Å². The number of nitrogens with zero attached hydrogens (tertiary/aromatic N) is 3. The number of hydrogen-bond donors (Lipinski definition) is 1. The van der Waals surface area contributed by atoms with E-state index in [0.717, 1.165) is 19.5 Å². The maximum absolute atomic E-state index is 9.58. The van der Waals surface area contributed by atoms with Gasteiger partial charge in [0.1, 0.15) is 5.88 Å². The zero-order valence-electron chi connectivity index (χ0n) is 8.56. The first-order chi connectivity index (χ1) is 7.20. The lowest BCUT2D eigenvalue weighted by Crippen LogP contribution is -2.42. The van der Waals surface area contributed by atoms with Crippen molar-refractivity contribution in [1.29, 1.82) is 0 Å². The molecule has 1 aliphatic heterocycles. The number of anilines is 1. The van der Waals surface area contributed by atoms with E-state index in [1.165, 1.54) is 0 Å². The highest BCUT2D eigenvalue weighted by atomic mass is 35.5. The first-order valence-electron chi connectivity index (χ1n) is 5.02. The highest BCUT2D eigenvalue weighted by molar-refractivity contribution is 6.16. The molecule has 84 valence electrons. The summed E-state index contributed by atoms with van der Waals surface area (Å²) in [6.07, 6.45) is 0.511. The lowest BCUT2D eigenvalue weighted by molar-refractivity contribution is 0.0956. The Kier molecular flexibility index (Phi) is 3.11. The average molecular weight is 232 g/mol. The van der Waals surface area contributed by atoms with Gasteiger partial charge in [-0.05, 0) is 12.3 Å². The summed E-state index contributed by atoms with van der Waals surface area (Å²) < 4.78 is 5.35. The number of hydrogen-bond acceptors (Lipinski definition) is 5. The van der Waals surface area contributed by atoms with E-state index in [4.69, 9.17) is 16.0 Å². The largest absolute Gasteiger partial charge is 0.407 e. The fourth-order valence-electron chi connectivity index (χ4n) is 1.73. The average Bonchev–Trinajstić information content (AvgIpc) is 2.70. The van der Waals surface area contributed by atoms with Gasteiger partial charge in [-0.2, -0.15) is 0 Å². The number of aliphatic hydroxyl groups is 1. The summed E-state index contributed by atoms with van der Waals surface area (Å²) >= 11 is 5.58. The van der Waals surface area contributed by atoms with Gasteiger partial charge in [-0.1, -0.05) is 12.0 Å². The van der Waals surface area contributed by atoms with Crippen LogP contribution in [-0.4, -0.2) is 34.5 Å². The minimum Gasteiger partial charge on any atom is -0.407 e. The third-order valence-corrected chi connectivity index (χ3v) is 2.93. The van der Waals surface area contributed by atoms with Crippen LogP contribution in [0.1, 0.15) is 19.2 Å². The quantitative estimate of drug-likeness (QED) is 0.770. The summed E-state index contributed by atoms with van der Waals surface area (Å²) in [5.74, 6) is 0.898. The van der Waals surface area contributed by atoms with E-state index in [-0.39, 0.29) is 17.9 Å². The fraction of sp³-hybridized carbons (Fsp3) is 0.778. The van der Waals surface area contributed by atoms with Gasteiger partial charge in [0.25, 0.3) is 0 Å². The molecule has 0 spiro atoms. The molecule has 2 atom stereocenters. The minimum atomic E-state index is -0.225. The van der Waals surface area contributed by atoms with E-state index >= 15 is 0 Å². The fourth-order valence-corrected chi connectivity index (χ4v) is 1.84. The van der Waals surface area contributed by atoms with Crippen LogP contribution >= 0.6 is 11.6 Å². The molecule has 5 nitrogen and oxygen atoms in total. The molecule has 15 heavy (non-hydrogen) atoms. The molecule has 1 aromatic heterocycles. The maximum Gasteiger partial charge on any atom is 0.318 e. The number of aromatic nitrogens is 2. The van der Waals surface area contributed by atoms with Crippen molar-refractivity contribution in [3.8, 4) is 0 Å². The van der Waals surface area contributed by atoms with Crippen molar-refractivity contribution < 1.29 is 9.52 Å². The van der Waals surface area contributed by atoms with E-state index in [2.05, 4.69) is 10.2 Å². The number of rotatable bonds is 2. The van der Waals surface area contributed by atoms with Gasteiger partial charge >= 0.3 is 6.01 Å². The lowest BCUT2D eigenvalue weighted by atomic mass is 9.97. The Labute approximate surface area is 93.0 Å². The molecule has 0 amide bonds. The molecule has 0 bridgehead atoms. The van der Waals surface area contributed by atoms with Gasteiger partial charge in [-0.15, -0.1) is 16.7 Å². The third kappa shape index (κ3) is 2.23. The van der Waals surface area contributed by atoms with Gasteiger partial charge in [0.2, 0.25) is 5.89 Å². The van der Waals surface area contributed by atoms with Crippen molar-refractivity contribution in [2.45, 2.75) is 25.3 Å². The number of aliphatic hydroxyl groups excluding tert-OH is 1. The Morgan fingerprint density at radius 3 is 3.00 bits per heavy atom. The van der Waals surface area contributed by atoms with Gasteiger partial charge in [0, 0.05) is 13.1 Å². The molecule has 2 unspecified atom stereocenters. The predicted octanol–water partition coefficient (Wildman–Crippen LogP) is 1.02. The summed E-state index contributed by atoms with van der Waals surface area (Å²) in [5, 5.41) is 17.3. The molecule has 2 heterocycles. The van der Waals surface area contributed by atoms with E-state index in [1.807, 2.05) is 11.8 Å². The molecule has 1 fully saturated rings. The molecule has 0 radical (unpaired) electrons. The highest BCUT2D eigenvalue weighted by Crippen LogP contribution is 2.22. The zero-order valence-corrected chi connectivity index (χ0v) is 9.31. The summed E-state index contributed by atoms with van der Waals surface area (Å²) in [6.45, 7) is 3.50. The molecule has 1 aromatic rings. The van der Waals surface area contributed by atoms with Gasteiger partial charge in [0.05, 0.1) is 6.10 Å². The van der Waals surface area contributed by atoms with Crippen LogP contribution in [0.5, 0.6) is 0 Å². The molecule has 6 heteroatoms. The molecule has 1 saturated heterocycles. The Morgan fingerprint density at radius 1 is 1.60 bits per heavy atom. The van der Waals surface area contributed by atoms with Crippen molar-refractivity contribution >= 4 is 17.6 Å². The predicted molar refractivity (Wildman–Crippen MR) is 55.9 cm³/mol. The molecule has 1 aliphatic rings. The maximum atomic E-state index is 9.58. The van der Waals surface area contributed by atoms with Gasteiger partial charge in [0.15, 0.2) is 0 Å². The third-order valence-electron chi connectivity index (χ3n) is 2.70. The molecule has 1 N–H and O–H groups in total. The van der Waals surface area contributed by atoms with Gasteiger partial charge < -0.3 is 14.4 Å². The first kappa shape index (κ1) is 10.7. The van der Waals surface area contributed by atoms with Crippen LogP contribution in [0.4, 0.5) is 6.01 Å². The Balaban J connectivity index is 2.05. The zero-order chi connectivity index (χ0) is 10.8. The summed E-state index contributed by atoms with van der Waals surface area (Å²) in [6, 6.07) is 0.504. The normalized spacial score (nSPS) is 27.0. The summed E-state index contributed by atoms with van der Waals surface area (Å²) in [7, 11) is 0. The Bertz CT molecular complexity index is 331.